The van der Waals surface area contributed by atoms with Gasteiger partial charge in [0.1, 0.15) is 5.82 Å². The number of amides is 2. The summed E-state index contributed by atoms with van der Waals surface area (Å²) in [5.74, 6) is -0.103. The van der Waals surface area contributed by atoms with Crippen molar-refractivity contribution in [1.82, 2.24) is 15.5 Å². The molecule has 2 aliphatic carbocycles. The van der Waals surface area contributed by atoms with E-state index < -0.39 is 5.82 Å². The molecule has 0 radical (unpaired) electrons. The van der Waals surface area contributed by atoms with Crippen LogP contribution in [0.4, 0.5) is 4.39 Å². The molecule has 30 heavy (non-hydrogen) atoms. The second-order valence-electron chi connectivity index (χ2n) is 7.60. The Kier molecular flexibility index (Phi) is 6.75. The molecular formula is C21H23FIN5O2. The number of halogens is 2. The van der Waals surface area contributed by atoms with E-state index in [4.69, 9.17) is 5.26 Å². The Morgan fingerprint density at radius 3 is 2.50 bits per heavy atom. The van der Waals surface area contributed by atoms with E-state index in [1.807, 2.05) is 6.07 Å². The number of hydrogen-bond acceptors (Lipinski definition) is 4. The van der Waals surface area contributed by atoms with Crippen molar-refractivity contribution in [2.45, 2.75) is 13.0 Å². The van der Waals surface area contributed by atoms with Crippen LogP contribution in [-0.2, 0) is 16.1 Å². The van der Waals surface area contributed by atoms with Gasteiger partial charge in [0.2, 0.25) is 11.8 Å². The van der Waals surface area contributed by atoms with Crippen LogP contribution in [0.25, 0.3) is 0 Å². The molecule has 1 aromatic rings. The van der Waals surface area contributed by atoms with Crippen LogP contribution in [0.5, 0.6) is 0 Å². The molecule has 158 valence electrons. The van der Waals surface area contributed by atoms with E-state index in [1.54, 1.807) is 7.05 Å². The molecule has 4 atom stereocenters. The predicted molar refractivity (Wildman–Crippen MR) is 119 cm³/mol. The lowest BCUT2D eigenvalue weighted by molar-refractivity contribution is -0.140. The normalized spacial score (nSPS) is 26.4. The lowest BCUT2D eigenvalue weighted by atomic mass is 9.85. The summed E-state index contributed by atoms with van der Waals surface area (Å²) in [4.78, 5) is 30.8. The molecule has 3 aliphatic rings. The van der Waals surface area contributed by atoms with Crippen LogP contribution in [0.15, 0.2) is 35.3 Å². The van der Waals surface area contributed by atoms with Crippen LogP contribution in [0, 0.1) is 40.8 Å². The number of benzene rings is 1. The highest BCUT2D eigenvalue weighted by atomic mass is 127. The first-order chi connectivity index (χ1) is 14.0. The minimum Gasteiger partial charge on any atom is -0.355 e. The topological polar surface area (TPSA) is 97.6 Å². The first-order valence-electron chi connectivity index (χ1n) is 9.70. The van der Waals surface area contributed by atoms with E-state index >= 15 is 0 Å². The number of imide groups is 1. The zero-order valence-electron chi connectivity index (χ0n) is 16.5. The first kappa shape index (κ1) is 22.2. The average Bonchev–Trinajstić information content (AvgIpc) is 3.41. The van der Waals surface area contributed by atoms with Gasteiger partial charge in [-0.25, -0.2) is 4.39 Å². The average molecular weight is 523 g/mol. The fraction of sp³-hybridized carbons (Fsp3) is 0.429. The van der Waals surface area contributed by atoms with Crippen LogP contribution in [0.1, 0.15) is 17.5 Å². The molecule has 2 amide bonds. The summed E-state index contributed by atoms with van der Waals surface area (Å²) in [7, 11) is 1.58. The minimum atomic E-state index is -0.407. The van der Waals surface area contributed by atoms with Crippen molar-refractivity contribution >= 4 is 41.8 Å². The Morgan fingerprint density at radius 1 is 1.23 bits per heavy atom. The molecule has 7 nitrogen and oxygen atoms in total. The number of hydrogen-bond donors (Lipinski definition) is 2. The van der Waals surface area contributed by atoms with Crippen LogP contribution in [0.2, 0.25) is 0 Å². The van der Waals surface area contributed by atoms with Gasteiger partial charge in [-0.05, 0) is 36.5 Å². The Hall–Kier alpha value is -2.48. The van der Waals surface area contributed by atoms with Crippen LogP contribution in [0.3, 0.4) is 0 Å². The minimum absolute atomic E-state index is 0. The molecule has 2 fully saturated rings. The second-order valence-corrected chi connectivity index (χ2v) is 7.60. The third kappa shape index (κ3) is 3.93. The highest BCUT2D eigenvalue weighted by Crippen LogP contribution is 2.52. The smallest absolute Gasteiger partial charge is 0.233 e. The summed E-state index contributed by atoms with van der Waals surface area (Å²) < 4.78 is 13.9. The van der Waals surface area contributed by atoms with Gasteiger partial charge in [0.05, 0.1) is 23.5 Å². The summed E-state index contributed by atoms with van der Waals surface area (Å²) in [6, 6.07) is 6.15. The van der Waals surface area contributed by atoms with E-state index in [-0.39, 0.29) is 72.6 Å². The lowest BCUT2D eigenvalue weighted by Gasteiger charge is -2.18. The Morgan fingerprint density at radius 2 is 1.90 bits per heavy atom. The van der Waals surface area contributed by atoms with Gasteiger partial charge in [0, 0.05) is 32.2 Å². The van der Waals surface area contributed by atoms with Gasteiger partial charge in [0.15, 0.2) is 5.96 Å². The number of carbonyl (C=O) groups is 2. The van der Waals surface area contributed by atoms with Crippen LogP contribution < -0.4 is 10.6 Å². The zero-order chi connectivity index (χ0) is 20.5. The van der Waals surface area contributed by atoms with Crippen molar-refractivity contribution in [3.05, 3.63) is 47.3 Å². The van der Waals surface area contributed by atoms with Crippen molar-refractivity contribution in [3.8, 4) is 6.07 Å². The van der Waals surface area contributed by atoms with Gasteiger partial charge in [-0.2, -0.15) is 5.26 Å². The molecule has 0 aromatic heterocycles. The van der Waals surface area contributed by atoms with Crippen molar-refractivity contribution in [1.29, 1.82) is 5.26 Å². The maximum Gasteiger partial charge on any atom is 0.233 e. The van der Waals surface area contributed by atoms with Crippen LogP contribution >= 0.6 is 24.0 Å². The van der Waals surface area contributed by atoms with Gasteiger partial charge in [-0.1, -0.05) is 12.2 Å². The van der Waals surface area contributed by atoms with E-state index in [0.717, 1.165) is 6.42 Å². The van der Waals surface area contributed by atoms with Gasteiger partial charge < -0.3 is 10.6 Å². The fourth-order valence-corrected chi connectivity index (χ4v) is 4.65. The number of guanidine groups is 1. The highest BCUT2D eigenvalue weighted by Gasteiger charge is 2.58. The Balaban J connectivity index is 0.00000256. The molecule has 1 saturated carbocycles. The molecular weight excluding hydrogens is 500 g/mol. The van der Waals surface area contributed by atoms with Gasteiger partial charge in [-0.3, -0.25) is 19.5 Å². The number of nitriles is 1. The first-order valence-corrected chi connectivity index (χ1v) is 9.70. The van der Waals surface area contributed by atoms with Gasteiger partial charge in [0.25, 0.3) is 0 Å². The quantitative estimate of drug-likeness (QED) is 0.202. The van der Waals surface area contributed by atoms with E-state index in [0.29, 0.717) is 23.6 Å². The molecule has 9 heteroatoms. The van der Waals surface area contributed by atoms with Crippen molar-refractivity contribution in [2.24, 2.45) is 28.7 Å². The number of likely N-dealkylation sites (tertiary alicyclic amines) is 1. The molecule has 4 rings (SSSR count). The lowest BCUT2D eigenvalue weighted by Crippen LogP contribution is -2.43. The van der Waals surface area contributed by atoms with E-state index in [9.17, 15) is 14.0 Å². The van der Waals surface area contributed by atoms with Gasteiger partial charge >= 0.3 is 0 Å². The highest BCUT2D eigenvalue weighted by molar-refractivity contribution is 14.0. The maximum atomic E-state index is 13.9. The molecule has 1 aliphatic heterocycles. The molecule has 2 N–H and O–H groups in total. The monoisotopic (exact) mass is 523 g/mol. The third-order valence-corrected chi connectivity index (χ3v) is 6.03. The molecule has 2 bridgehead atoms. The third-order valence-electron chi connectivity index (χ3n) is 6.03. The zero-order valence-corrected chi connectivity index (χ0v) is 18.8. The fourth-order valence-electron chi connectivity index (χ4n) is 4.65. The summed E-state index contributed by atoms with van der Waals surface area (Å²) in [6.45, 7) is 0.769. The van der Waals surface area contributed by atoms with Gasteiger partial charge in [-0.15, -0.1) is 24.0 Å². The SMILES string of the molecule is CN=C(NCCN1C(=O)C2C3C=CC(C3)C2C1=O)NCc1cc(C#N)ccc1F.I. The predicted octanol–water partition coefficient (Wildman–Crippen LogP) is 1.79. The largest absolute Gasteiger partial charge is 0.355 e. The standard InChI is InChI=1S/C21H22FN5O2.HI/c1-24-21(26-11-15-8-12(10-23)2-5-16(15)22)25-6-7-27-19(28)17-13-3-4-14(9-13)18(17)20(27)29;/h2-5,8,13-14,17-18H,6-7,9,11H2,1H3,(H2,24,25,26);1H. The number of carbonyl (C=O) groups excluding carboxylic acids is 2. The summed E-state index contributed by atoms with van der Waals surface area (Å²) in [5, 5.41) is 15.0. The Labute approximate surface area is 191 Å². The molecule has 0 spiro atoms. The van der Waals surface area contributed by atoms with E-state index in [2.05, 4.69) is 27.8 Å². The number of aliphatic imine (C=N–C) groups is 1. The Bertz CT molecular complexity index is 927. The number of rotatable bonds is 5. The van der Waals surface area contributed by atoms with Crippen molar-refractivity contribution in [3.63, 3.8) is 0 Å². The van der Waals surface area contributed by atoms with Crippen LogP contribution in [-0.4, -0.2) is 42.8 Å². The number of nitrogens with one attached hydrogen (secondary N) is 2. The summed E-state index contributed by atoms with van der Waals surface area (Å²) >= 11 is 0. The molecule has 1 aromatic carbocycles. The number of allylic oxidation sites excluding steroid dienone is 2. The molecule has 4 unspecified atom stereocenters. The summed E-state index contributed by atoms with van der Waals surface area (Å²) in [6.07, 6.45) is 5.06. The maximum absolute atomic E-state index is 13.9. The summed E-state index contributed by atoms with van der Waals surface area (Å²) in [5.41, 5.74) is 0.735. The number of nitrogens with zero attached hydrogens (tertiary/aromatic N) is 3. The van der Waals surface area contributed by atoms with Crippen molar-refractivity contribution < 1.29 is 14.0 Å². The molecule has 1 heterocycles. The second kappa shape index (κ2) is 9.12. The number of fused-ring (bicyclic) bond motifs is 5. The van der Waals surface area contributed by atoms with Crippen molar-refractivity contribution in [2.75, 3.05) is 20.1 Å². The van der Waals surface area contributed by atoms with E-state index in [1.165, 1.54) is 23.1 Å². The molecule has 1 saturated heterocycles.